The number of aromatic nitrogens is 1. The number of amides is 2. The summed E-state index contributed by atoms with van der Waals surface area (Å²) in [7, 11) is 1.28. The van der Waals surface area contributed by atoms with E-state index in [4.69, 9.17) is 9.47 Å². The Morgan fingerprint density at radius 1 is 1.27 bits per heavy atom. The van der Waals surface area contributed by atoms with Gasteiger partial charge in [0.25, 0.3) is 5.91 Å². The van der Waals surface area contributed by atoms with Gasteiger partial charge in [0, 0.05) is 36.9 Å². The van der Waals surface area contributed by atoms with E-state index in [1.807, 2.05) is 12.1 Å². The SMILES string of the molecule is COC(=O)[C@@H]1COC(=O)N1C1CCN(C(=O)c2scc(C#N)c2-n2cccc2)CC1. The number of esters is 1. The maximum absolute atomic E-state index is 13.2. The monoisotopic (exact) mass is 428 g/mol. The molecule has 0 bridgehead atoms. The molecule has 30 heavy (non-hydrogen) atoms. The highest BCUT2D eigenvalue weighted by atomic mass is 32.1. The van der Waals surface area contributed by atoms with E-state index in [1.54, 1.807) is 27.2 Å². The summed E-state index contributed by atoms with van der Waals surface area (Å²) in [5.41, 5.74) is 1.05. The van der Waals surface area contributed by atoms with E-state index >= 15 is 0 Å². The van der Waals surface area contributed by atoms with Gasteiger partial charge >= 0.3 is 12.1 Å². The second-order valence-electron chi connectivity index (χ2n) is 7.08. The van der Waals surface area contributed by atoms with Gasteiger partial charge in [-0.25, -0.2) is 9.59 Å². The van der Waals surface area contributed by atoms with Crippen molar-refractivity contribution >= 4 is 29.3 Å². The summed E-state index contributed by atoms with van der Waals surface area (Å²) in [5, 5.41) is 11.1. The van der Waals surface area contributed by atoms with Gasteiger partial charge in [-0.15, -0.1) is 11.3 Å². The minimum atomic E-state index is -0.745. The van der Waals surface area contributed by atoms with Crippen LogP contribution in [-0.4, -0.2) is 71.2 Å². The van der Waals surface area contributed by atoms with Crippen LogP contribution >= 0.6 is 11.3 Å². The van der Waals surface area contributed by atoms with Crippen molar-refractivity contribution in [2.75, 3.05) is 26.8 Å². The Morgan fingerprint density at radius 3 is 2.60 bits per heavy atom. The van der Waals surface area contributed by atoms with Crippen LogP contribution in [0.3, 0.4) is 0 Å². The highest BCUT2D eigenvalue weighted by Gasteiger charge is 2.44. The summed E-state index contributed by atoms with van der Waals surface area (Å²) in [4.78, 5) is 41.0. The molecule has 10 heteroatoms. The van der Waals surface area contributed by atoms with Crippen LogP contribution in [0.15, 0.2) is 29.9 Å². The van der Waals surface area contributed by atoms with Crippen molar-refractivity contribution in [3.63, 3.8) is 0 Å². The third kappa shape index (κ3) is 3.41. The van der Waals surface area contributed by atoms with Gasteiger partial charge in [-0.3, -0.25) is 9.69 Å². The van der Waals surface area contributed by atoms with E-state index in [2.05, 4.69) is 6.07 Å². The van der Waals surface area contributed by atoms with Crippen LogP contribution in [0.25, 0.3) is 5.69 Å². The molecule has 1 atom stereocenters. The lowest BCUT2D eigenvalue weighted by Gasteiger charge is -2.37. The van der Waals surface area contributed by atoms with Gasteiger partial charge in [-0.2, -0.15) is 5.26 Å². The molecule has 4 heterocycles. The zero-order valence-corrected chi connectivity index (χ0v) is 17.1. The number of nitriles is 1. The van der Waals surface area contributed by atoms with Gasteiger partial charge in [0.15, 0.2) is 6.04 Å². The van der Waals surface area contributed by atoms with E-state index < -0.39 is 18.1 Å². The molecule has 2 aliphatic heterocycles. The standard InChI is InChI=1S/C20H20N4O5S/c1-28-19(26)15-11-29-20(27)24(15)14-4-8-23(9-5-14)18(25)17-16(13(10-21)12-30-17)22-6-2-3-7-22/h2-3,6-7,12,14-15H,4-5,8-9,11H2,1H3/t15-/m0/s1. The molecule has 0 spiro atoms. The summed E-state index contributed by atoms with van der Waals surface area (Å²) < 4.78 is 11.6. The van der Waals surface area contributed by atoms with E-state index in [0.717, 1.165) is 0 Å². The predicted molar refractivity (Wildman–Crippen MR) is 106 cm³/mol. The lowest BCUT2D eigenvalue weighted by atomic mass is 10.0. The first kappa shape index (κ1) is 20.0. The van der Waals surface area contributed by atoms with Crippen molar-refractivity contribution < 1.29 is 23.9 Å². The molecule has 2 aliphatic rings. The number of carbonyl (C=O) groups is 3. The van der Waals surface area contributed by atoms with Crippen molar-refractivity contribution in [1.82, 2.24) is 14.4 Å². The van der Waals surface area contributed by atoms with Gasteiger partial charge in [-0.1, -0.05) is 0 Å². The Morgan fingerprint density at radius 2 is 1.97 bits per heavy atom. The number of piperidine rings is 1. The Labute approximate surface area is 177 Å². The quantitative estimate of drug-likeness (QED) is 0.690. The molecule has 2 saturated heterocycles. The number of hydrogen-bond acceptors (Lipinski definition) is 7. The number of ether oxygens (including phenoxy) is 2. The molecule has 2 amide bonds. The minimum Gasteiger partial charge on any atom is -0.467 e. The maximum atomic E-state index is 13.2. The summed E-state index contributed by atoms with van der Waals surface area (Å²) in [6.07, 6.45) is 4.14. The van der Waals surface area contributed by atoms with Crippen molar-refractivity contribution in [1.29, 1.82) is 5.26 Å². The van der Waals surface area contributed by atoms with Gasteiger partial charge in [0.2, 0.25) is 0 Å². The summed E-state index contributed by atoms with van der Waals surface area (Å²) >= 11 is 1.25. The number of thiophene rings is 1. The van der Waals surface area contributed by atoms with Crippen LogP contribution in [-0.2, 0) is 14.3 Å². The number of methoxy groups -OCH3 is 1. The van der Waals surface area contributed by atoms with Crippen LogP contribution in [0.2, 0.25) is 0 Å². The summed E-state index contributed by atoms with van der Waals surface area (Å²) in [5.74, 6) is -0.643. The molecule has 9 nitrogen and oxygen atoms in total. The minimum absolute atomic E-state index is 0.0169. The number of rotatable bonds is 4. The predicted octanol–water partition coefficient (Wildman–Crippen LogP) is 2.01. The Kier molecular flexibility index (Phi) is 5.46. The number of nitrogens with zero attached hydrogens (tertiary/aromatic N) is 4. The van der Waals surface area contributed by atoms with Gasteiger partial charge in [0.05, 0.1) is 18.4 Å². The molecule has 0 N–H and O–H groups in total. The number of cyclic esters (lactones) is 1. The molecule has 2 aromatic rings. The zero-order valence-electron chi connectivity index (χ0n) is 16.3. The van der Waals surface area contributed by atoms with Crippen LogP contribution in [0, 0.1) is 11.3 Å². The first-order chi connectivity index (χ1) is 14.5. The molecule has 2 aromatic heterocycles. The lowest BCUT2D eigenvalue weighted by molar-refractivity contribution is -0.145. The van der Waals surface area contributed by atoms with Crippen molar-refractivity contribution in [2.24, 2.45) is 0 Å². The fourth-order valence-electron chi connectivity index (χ4n) is 3.97. The van der Waals surface area contributed by atoms with Crippen molar-refractivity contribution in [3.05, 3.63) is 40.3 Å². The number of likely N-dealkylation sites (tertiary alicyclic amines) is 1. The molecule has 0 aromatic carbocycles. The van der Waals surface area contributed by atoms with Gasteiger partial charge in [0.1, 0.15) is 17.6 Å². The fraction of sp³-hybridized carbons (Fsp3) is 0.400. The normalized spacial score (nSPS) is 19.5. The zero-order chi connectivity index (χ0) is 21.3. The lowest BCUT2D eigenvalue weighted by Crippen LogP contribution is -2.51. The third-order valence-electron chi connectivity index (χ3n) is 5.47. The fourth-order valence-corrected chi connectivity index (χ4v) is 4.92. The topological polar surface area (TPSA) is 105 Å². The first-order valence-electron chi connectivity index (χ1n) is 9.52. The van der Waals surface area contributed by atoms with E-state index in [-0.39, 0.29) is 18.6 Å². The molecular formula is C20H20N4O5S. The van der Waals surface area contributed by atoms with Crippen molar-refractivity contribution in [3.8, 4) is 11.8 Å². The van der Waals surface area contributed by atoms with Gasteiger partial charge in [-0.05, 0) is 25.0 Å². The molecular weight excluding hydrogens is 408 g/mol. The van der Waals surface area contributed by atoms with Crippen LogP contribution in [0.5, 0.6) is 0 Å². The number of hydrogen-bond donors (Lipinski definition) is 0. The highest BCUT2D eigenvalue weighted by Crippen LogP contribution is 2.30. The maximum Gasteiger partial charge on any atom is 0.410 e. The molecule has 0 aliphatic carbocycles. The average Bonchev–Trinajstić information content (AvgIpc) is 3.51. The van der Waals surface area contributed by atoms with Crippen molar-refractivity contribution in [2.45, 2.75) is 24.9 Å². The second kappa shape index (κ2) is 8.20. The Hall–Kier alpha value is -3.32. The van der Waals surface area contributed by atoms with E-state index in [9.17, 15) is 19.6 Å². The largest absolute Gasteiger partial charge is 0.467 e. The molecule has 0 saturated carbocycles. The highest BCUT2D eigenvalue weighted by molar-refractivity contribution is 7.12. The Balaban J connectivity index is 1.48. The smallest absolute Gasteiger partial charge is 0.410 e. The molecule has 2 fully saturated rings. The molecule has 4 rings (SSSR count). The second-order valence-corrected chi connectivity index (χ2v) is 7.96. The number of carbonyl (C=O) groups excluding carboxylic acids is 3. The summed E-state index contributed by atoms with van der Waals surface area (Å²) in [6.45, 7) is 0.856. The van der Waals surface area contributed by atoms with Gasteiger partial charge < -0.3 is 18.9 Å². The molecule has 0 unspecified atom stereocenters. The third-order valence-corrected chi connectivity index (χ3v) is 6.43. The van der Waals surface area contributed by atoms with Crippen LogP contribution < -0.4 is 0 Å². The van der Waals surface area contributed by atoms with Crippen LogP contribution in [0.1, 0.15) is 28.1 Å². The van der Waals surface area contributed by atoms with E-state index in [0.29, 0.717) is 42.1 Å². The summed E-state index contributed by atoms with van der Waals surface area (Å²) in [6, 6.07) is 4.88. The first-order valence-corrected chi connectivity index (χ1v) is 10.4. The average molecular weight is 428 g/mol. The molecule has 156 valence electrons. The Bertz CT molecular complexity index is 1000. The van der Waals surface area contributed by atoms with E-state index in [1.165, 1.54) is 23.3 Å². The molecule has 0 radical (unpaired) electrons. The van der Waals surface area contributed by atoms with Crippen LogP contribution in [0.4, 0.5) is 4.79 Å².